The van der Waals surface area contributed by atoms with Crippen LogP contribution in [-0.2, 0) is 11.8 Å². The number of rotatable bonds is 9. The standard InChI is InChI=1S/C23H35N/c1-3-5-7-9-20-11-13-22(14-12-20)23(19-24)17-15-21(16-18-23)10-8-6-4-2/h11-14,21H,3-10,15-18H2,1-2H3/t21-,23+. The van der Waals surface area contributed by atoms with Crippen LogP contribution in [0.15, 0.2) is 24.3 Å². The third-order valence-corrected chi connectivity index (χ3v) is 5.96. The van der Waals surface area contributed by atoms with E-state index in [1.54, 1.807) is 0 Å². The largest absolute Gasteiger partial charge is 0.197 e. The molecule has 0 spiro atoms. The molecule has 2 rings (SSSR count). The molecule has 1 fully saturated rings. The molecule has 0 radical (unpaired) electrons. The maximum absolute atomic E-state index is 9.89. The summed E-state index contributed by atoms with van der Waals surface area (Å²) in [4.78, 5) is 0. The van der Waals surface area contributed by atoms with Crippen LogP contribution in [0.1, 0.15) is 95.6 Å². The van der Waals surface area contributed by atoms with Crippen molar-refractivity contribution in [3.8, 4) is 6.07 Å². The van der Waals surface area contributed by atoms with Crippen LogP contribution in [0.5, 0.6) is 0 Å². The average molecular weight is 326 g/mol. The van der Waals surface area contributed by atoms with Crippen molar-refractivity contribution in [2.75, 3.05) is 0 Å². The number of benzene rings is 1. The number of hydrogen-bond acceptors (Lipinski definition) is 1. The van der Waals surface area contributed by atoms with Crippen LogP contribution in [0.4, 0.5) is 0 Å². The van der Waals surface area contributed by atoms with Crippen LogP contribution in [0.3, 0.4) is 0 Å². The maximum Gasteiger partial charge on any atom is 0.0822 e. The van der Waals surface area contributed by atoms with Crippen molar-refractivity contribution in [2.45, 2.75) is 96.3 Å². The third kappa shape index (κ3) is 5.10. The Kier molecular flexibility index (Phi) is 7.83. The summed E-state index contributed by atoms with van der Waals surface area (Å²) in [5.74, 6) is 0.853. The molecule has 0 saturated heterocycles. The molecule has 0 amide bonds. The highest BCUT2D eigenvalue weighted by molar-refractivity contribution is 5.35. The van der Waals surface area contributed by atoms with Crippen molar-refractivity contribution >= 4 is 0 Å². The highest BCUT2D eigenvalue weighted by Gasteiger charge is 2.36. The summed E-state index contributed by atoms with van der Waals surface area (Å²) in [6, 6.07) is 11.7. The van der Waals surface area contributed by atoms with Gasteiger partial charge < -0.3 is 0 Å². The van der Waals surface area contributed by atoms with Gasteiger partial charge in [-0.1, -0.05) is 76.6 Å². The summed E-state index contributed by atoms with van der Waals surface area (Å²) < 4.78 is 0. The van der Waals surface area contributed by atoms with Gasteiger partial charge in [0.25, 0.3) is 0 Å². The van der Waals surface area contributed by atoms with Crippen LogP contribution in [0, 0.1) is 17.2 Å². The van der Waals surface area contributed by atoms with Gasteiger partial charge in [-0.2, -0.15) is 5.26 Å². The monoisotopic (exact) mass is 325 g/mol. The molecule has 0 aromatic heterocycles. The molecule has 0 bridgehead atoms. The Balaban J connectivity index is 1.92. The molecule has 1 nitrogen and oxygen atoms in total. The molecule has 1 aliphatic carbocycles. The summed E-state index contributed by atoms with van der Waals surface area (Å²) in [5, 5.41) is 9.89. The Labute approximate surface area is 149 Å². The summed E-state index contributed by atoms with van der Waals surface area (Å²) in [6.07, 6.45) is 15.0. The fourth-order valence-electron chi connectivity index (χ4n) is 4.18. The van der Waals surface area contributed by atoms with E-state index in [9.17, 15) is 5.26 Å². The number of aryl methyl sites for hydroxylation is 1. The third-order valence-electron chi connectivity index (χ3n) is 5.96. The van der Waals surface area contributed by atoms with Gasteiger partial charge in [0.15, 0.2) is 0 Å². The molecule has 0 unspecified atom stereocenters. The molecule has 0 atom stereocenters. The predicted octanol–water partition coefficient (Wildman–Crippen LogP) is 6.95. The second-order valence-corrected chi connectivity index (χ2v) is 7.79. The second-order valence-electron chi connectivity index (χ2n) is 7.79. The summed E-state index contributed by atoms with van der Waals surface area (Å²) in [7, 11) is 0. The molecule has 1 heteroatoms. The van der Waals surface area contributed by atoms with Crippen molar-refractivity contribution < 1.29 is 0 Å². The first kappa shape index (κ1) is 19.0. The summed E-state index contributed by atoms with van der Waals surface area (Å²) in [5.41, 5.74) is 2.47. The molecule has 1 saturated carbocycles. The molecule has 1 aliphatic rings. The number of nitriles is 1. The zero-order valence-electron chi connectivity index (χ0n) is 15.8. The number of unbranched alkanes of at least 4 members (excludes halogenated alkanes) is 4. The van der Waals surface area contributed by atoms with Gasteiger partial charge in [-0.15, -0.1) is 0 Å². The minimum Gasteiger partial charge on any atom is -0.197 e. The van der Waals surface area contributed by atoms with Crippen molar-refractivity contribution in [2.24, 2.45) is 5.92 Å². The van der Waals surface area contributed by atoms with E-state index in [1.165, 1.54) is 75.3 Å². The highest BCUT2D eigenvalue weighted by Crippen LogP contribution is 2.42. The lowest BCUT2D eigenvalue weighted by atomic mass is 9.66. The molecule has 0 heterocycles. The van der Waals surface area contributed by atoms with Gasteiger partial charge in [0, 0.05) is 0 Å². The molecule has 132 valence electrons. The van der Waals surface area contributed by atoms with Crippen molar-refractivity contribution in [1.82, 2.24) is 0 Å². The van der Waals surface area contributed by atoms with Crippen molar-refractivity contribution in [3.63, 3.8) is 0 Å². The number of hydrogen-bond donors (Lipinski definition) is 0. The zero-order chi connectivity index (χ0) is 17.3. The minimum atomic E-state index is -0.219. The van der Waals surface area contributed by atoms with E-state index in [0.717, 1.165) is 18.8 Å². The first-order valence-electron chi connectivity index (χ1n) is 10.2. The van der Waals surface area contributed by atoms with Crippen LogP contribution < -0.4 is 0 Å². The molecular weight excluding hydrogens is 290 g/mol. The lowest BCUT2D eigenvalue weighted by molar-refractivity contribution is 0.261. The SMILES string of the molecule is CCCCCc1ccc([C@]2(C#N)CC[C@H](CCCCC)CC2)cc1. The van der Waals surface area contributed by atoms with E-state index in [4.69, 9.17) is 0 Å². The van der Waals surface area contributed by atoms with Crippen LogP contribution >= 0.6 is 0 Å². The summed E-state index contributed by atoms with van der Waals surface area (Å²) >= 11 is 0. The van der Waals surface area contributed by atoms with Gasteiger partial charge in [0.2, 0.25) is 0 Å². The lowest BCUT2D eigenvalue weighted by Gasteiger charge is -2.35. The van der Waals surface area contributed by atoms with Gasteiger partial charge in [-0.25, -0.2) is 0 Å². The Bertz CT molecular complexity index is 500. The van der Waals surface area contributed by atoms with E-state index >= 15 is 0 Å². The Hall–Kier alpha value is -1.29. The smallest absolute Gasteiger partial charge is 0.0822 e. The van der Waals surface area contributed by atoms with Gasteiger partial charge in [0.1, 0.15) is 0 Å². The van der Waals surface area contributed by atoms with Gasteiger partial charge in [-0.05, 0) is 55.6 Å². The maximum atomic E-state index is 9.89. The van der Waals surface area contributed by atoms with E-state index in [0.29, 0.717) is 0 Å². The average Bonchev–Trinajstić information content (AvgIpc) is 2.63. The number of nitrogens with zero attached hydrogens (tertiary/aromatic N) is 1. The molecule has 24 heavy (non-hydrogen) atoms. The van der Waals surface area contributed by atoms with Crippen LogP contribution in [-0.4, -0.2) is 0 Å². The normalized spacial score (nSPS) is 23.8. The topological polar surface area (TPSA) is 23.8 Å². The van der Waals surface area contributed by atoms with Crippen molar-refractivity contribution in [3.05, 3.63) is 35.4 Å². The van der Waals surface area contributed by atoms with Crippen LogP contribution in [0.2, 0.25) is 0 Å². The molecule has 0 N–H and O–H groups in total. The van der Waals surface area contributed by atoms with E-state index in [1.807, 2.05) is 0 Å². The van der Waals surface area contributed by atoms with Crippen LogP contribution in [0.25, 0.3) is 0 Å². The molecular formula is C23H35N. The van der Waals surface area contributed by atoms with E-state index in [2.05, 4.69) is 44.2 Å². The Morgan fingerprint density at radius 3 is 2.17 bits per heavy atom. The van der Waals surface area contributed by atoms with E-state index < -0.39 is 0 Å². The molecule has 1 aromatic carbocycles. The van der Waals surface area contributed by atoms with Gasteiger partial charge in [0.05, 0.1) is 11.5 Å². The van der Waals surface area contributed by atoms with Gasteiger partial charge in [-0.3, -0.25) is 0 Å². The molecule has 1 aromatic rings. The van der Waals surface area contributed by atoms with Gasteiger partial charge >= 0.3 is 0 Å². The predicted molar refractivity (Wildman–Crippen MR) is 103 cm³/mol. The quantitative estimate of drug-likeness (QED) is 0.450. The highest BCUT2D eigenvalue weighted by atomic mass is 14.4. The summed E-state index contributed by atoms with van der Waals surface area (Å²) in [6.45, 7) is 4.52. The fraction of sp³-hybridized carbons (Fsp3) is 0.696. The first-order chi connectivity index (χ1) is 11.7. The Morgan fingerprint density at radius 2 is 1.58 bits per heavy atom. The minimum absolute atomic E-state index is 0.219. The van der Waals surface area contributed by atoms with E-state index in [-0.39, 0.29) is 5.41 Å². The second kappa shape index (κ2) is 9.87. The fourth-order valence-corrected chi connectivity index (χ4v) is 4.18. The first-order valence-corrected chi connectivity index (χ1v) is 10.2. The lowest BCUT2D eigenvalue weighted by Crippen LogP contribution is -2.30. The molecule has 0 aliphatic heterocycles. The Morgan fingerprint density at radius 1 is 0.958 bits per heavy atom. The van der Waals surface area contributed by atoms with Crippen molar-refractivity contribution in [1.29, 1.82) is 5.26 Å². The zero-order valence-corrected chi connectivity index (χ0v) is 15.8.